The molecule has 2 aromatic carbocycles. The number of Topliss-reactive ketones (excluding diaryl/α,β-unsaturated/α-hetero) is 1. The normalized spacial score (nSPS) is 10.4. The van der Waals surface area contributed by atoms with Gasteiger partial charge in [-0.25, -0.2) is 8.78 Å². The lowest BCUT2D eigenvalue weighted by Gasteiger charge is -2.06. The van der Waals surface area contributed by atoms with Crippen LogP contribution in [0.4, 0.5) is 8.78 Å². The van der Waals surface area contributed by atoms with Crippen LogP contribution in [0.5, 0.6) is 5.75 Å². The third kappa shape index (κ3) is 4.10. The Kier molecular flexibility index (Phi) is 5.00. The minimum Gasteiger partial charge on any atom is -0.497 e. The SMILES string of the molecule is COc1cccc(COCC(=O)c2ccc(F)c(F)c2)c1. The van der Waals surface area contributed by atoms with Crippen molar-refractivity contribution in [2.45, 2.75) is 6.61 Å². The predicted octanol–water partition coefficient (Wildman–Crippen LogP) is 3.37. The van der Waals surface area contributed by atoms with E-state index in [0.29, 0.717) is 5.75 Å². The van der Waals surface area contributed by atoms with E-state index >= 15 is 0 Å². The van der Waals surface area contributed by atoms with Crippen LogP contribution >= 0.6 is 0 Å². The third-order valence-corrected chi connectivity index (χ3v) is 2.88. The topological polar surface area (TPSA) is 35.5 Å². The van der Waals surface area contributed by atoms with Crippen molar-refractivity contribution < 1.29 is 23.0 Å². The Hall–Kier alpha value is -2.27. The largest absolute Gasteiger partial charge is 0.497 e. The Labute approximate surface area is 121 Å². The van der Waals surface area contributed by atoms with Crippen molar-refractivity contribution in [1.29, 1.82) is 0 Å². The lowest BCUT2D eigenvalue weighted by atomic mass is 10.1. The van der Waals surface area contributed by atoms with E-state index in [9.17, 15) is 13.6 Å². The Morgan fingerprint density at radius 2 is 1.90 bits per heavy atom. The van der Waals surface area contributed by atoms with Crippen molar-refractivity contribution in [2.75, 3.05) is 13.7 Å². The minimum absolute atomic E-state index is 0.0829. The van der Waals surface area contributed by atoms with Crippen LogP contribution in [-0.4, -0.2) is 19.5 Å². The molecule has 0 heterocycles. The van der Waals surface area contributed by atoms with E-state index in [-0.39, 0.29) is 18.8 Å². The van der Waals surface area contributed by atoms with Gasteiger partial charge in [0.25, 0.3) is 0 Å². The van der Waals surface area contributed by atoms with Gasteiger partial charge in [-0.15, -0.1) is 0 Å². The van der Waals surface area contributed by atoms with E-state index in [1.165, 1.54) is 6.07 Å². The van der Waals surface area contributed by atoms with E-state index in [1.54, 1.807) is 19.2 Å². The molecule has 2 rings (SSSR count). The highest BCUT2D eigenvalue weighted by atomic mass is 19.2. The molecular formula is C16H14F2O3. The fraction of sp³-hybridized carbons (Fsp3) is 0.188. The summed E-state index contributed by atoms with van der Waals surface area (Å²) in [5, 5.41) is 0. The van der Waals surface area contributed by atoms with Gasteiger partial charge in [0.15, 0.2) is 17.4 Å². The molecule has 21 heavy (non-hydrogen) atoms. The van der Waals surface area contributed by atoms with Crippen LogP contribution in [-0.2, 0) is 11.3 Å². The molecule has 2 aromatic rings. The highest BCUT2D eigenvalue weighted by Gasteiger charge is 2.10. The maximum Gasteiger partial charge on any atom is 0.188 e. The van der Waals surface area contributed by atoms with Gasteiger partial charge >= 0.3 is 0 Å². The monoisotopic (exact) mass is 292 g/mol. The maximum absolute atomic E-state index is 13.0. The summed E-state index contributed by atoms with van der Waals surface area (Å²) in [5.41, 5.74) is 0.937. The zero-order chi connectivity index (χ0) is 15.2. The van der Waals surface area contributed by atoms with Crippen LogP contribution in [0.1, 0.15) is 15.9 Å². The van der Waals surface area contributed by atoms with Gasteiger partial charge in [0, 0.05) is 5.56 Å². The fourth-order valence-corrected chi connectivity index (χ4v) is 1.78. The molecule has 3 nitrogen and oxygen atoms in total. The number of carbonyl (C=O) groups is 1. The first kappa shape index (κ1) is 15.1. The van der Waals surface area contributed by atoms with Gasteiger partial charge in [-0.05, 0) is 35.9 Å². The summed E-state index contributed by atoms with van der Waals surface area (Å²) in [7, 11) is 1.56. The lowest BCUT2D eigenvalue weighted by Crippen LogP contribution is -2.09. The number of rotatable bonds is 6. The summed E-state index contributed by atoms with van der Waals surface area (Å²) in [5.74, 6) is -1.74. The number of hydrogen-bond donors (Lipinski definition) is 0. The average molecular weight is 292 g/mol. The van der Waals surface area contributed by atoms with Crippen LogP contribution in [0, 0.1) is 11.6 Å². The third-order valence-electron chi connectivity index (χ3n) is 2.88. The van der Waals surface area contributed by atoms with Gasteiger partial charge in [0.05, 0.1) is 13.7 Å². The molecule has 0 saturated heterocycles. The average Bonchev–Trinajstić information content (AvgIpc) is 2.50. The highest BCUT2D eigenvalue weighted by molar-refractivity contribution is 5.97. The van der Waals surface area contributed by atoms with Crippen LogP contribution in [0.15, 0.2) is 42.5 Å². The number of carbonyl (C=O) groups excluding carboxylic acids is 1. The van der Waals surface area contributed by atoms with Gasteiger partial charge in [-0.3, -0.25) is 4.79 Å². The molecule has 0 N–H and O–H groups in total. The number of ketones is 1. The second kappa shape index (κ2) is 6.95. The molecule has 0 aliphatic heterocycles. The number of benzene rings is 2. The summed E-state index contributed by atoms with van der Waals surface area (Å²) in [6.07, 6.45) is 0. The molecule has 0 saturated carbocycles. The van der Waals surface area contributed by atoms with Gasteiger partial charge in [0.2, 0.25) is 0 Å². The molecule has 0 unspecified atom stereocenters. The molecule has 0 fully saturated rings. The van der Waals surface area contributed by atoms with Gasteiger partial charge in [-0.2, -0.15) is 0 Å². The Morgan fingerprint density at radius 1 is 1.10 bits per heavy atom. The second-order valence-corrected chi connectivity index (χ2v) is 4.40. The smallest absolute Gasteiger partial charge is 0.188 e. The molecule has 110 valence electrons. The van der Waals surface area contributed by atoms with Crippen LogP contribution < -0.4 is 4.74 Å². The summed E-state index contributed by atoms with van der Waals surface area (Å²) >= 11 is 0. The highest BCUT2D eigenvalue weighted by Crippen LogP contribution is 2.14. The van der Waals surface area contributed by atoms with Crippen LogP contribution in [0.2, 0.25) is 0 Å². The van der Waals surface area contributed by atoms with Crippen molar-refractivity contribution >= 4 is 5.78 Å². The van der Waals surface area contributed by atoms with E-state index in [4.69, 9.17) is 9.47 Å². The molecule has 0 aliphatic rings. The molecule has 0 radical (unpaired) electrons. The molecule has 0 bridgehead atoms. The Balaban J connectivity index is 1.90. The number of methoxy groups -OCH3 is 1. The lowest BCUT2D eigenvalue weighted by molar-refractivity contribution is 0.0726. The summed E-state index contributed by atoms with van der Waals surface area (Å²) in [6.45, 7) is 0.0227. The van der Waals surface area contributed by atoms with Gasteiger partial charge in [-0.1, -0.05) is 12.1 Å². The molecular weight excluding hydrogens is 278 g/mol. The Morgan fingerprint density at radius 3 is 2.62 bits per heavy atom. The van der Waals surface area contributed by atoms with Crippen LogP contribution in [0.25, 0.3) is 0 Å². The van der Waals surface area contributed by atoms with Crippen molar-refractivity contribution in [3.63, 3.8) is 0 Å². The molecule has 0 aliphatic carbocycles. The van der Waals surface area contributed by atoms with Crippen molar-refractivity contribution in [3.05, 3.63) is 65.2 Å². The van der Waals surface area contributed by atoms with Crippen molar-refractivity contribution in [2.24, 2.45) is 0 Å². The van der Waals surface area contributed by atoms with Gasteiger partial charge < -0.3 is 9.47 Å². The predicted molar refractivity (Wildman–Crippen MR) is 73.3 cm³/mol. The standard InChI is InChI=1S/C16H14F2O3/c1-20-13-4-2-3-11(7-13)9-21-10-16(19)12-5-6-14(17)15(18)8-12/h2-8H,9-10H2,1H3. The summed E-state index contributed by atoms with van der Waals surface area (Å²) < 4.78 is 36.2. The number of hydrogen-bond acceptors (Lipinski definition) is 3. The maximum atomic E-state index is 13.0. The summed E-state index contributed by atoms with van der Waals surface area (Å²) in [4.78, 5) is 11.8. The van der Waals surface area contributed by atoms with Crippen molar-refractivity contribution in [1.82, 2.24) is 0 Å². The van der Waals surface area contributed by atoms with Crippen LogP contribution in [0.3, 0.4) is 0 Å². The van der Waals surface area contributed by atoms with Crippen molar-refractivity contribution in [3.8, 4) is 5.75 Å². The number of halogens is 2. The zero-order valence-electron chi connectivity index (χ0n) is 11.4. The van der Waals surface area contributed by atoms with E-state index in [1.807, 2.05) is 12.1 Å². The first-order valence-electron chi connectivity index (χ1n) is 6.29. The minimum atomic E-state index is -1.05. The molecule has 5 heteroatoms. The Bertz CT molecular complexity index is 641. The van der Waals surface area contributed by atoms with E-state index in [0.717, 1.165) is 17.7 Å². The first-order chi connectivity index (χ1) is 10.1. The second-order valence-electron chi connectivity index (χ2n) is 4.40. The van der Waals surface area contributed by atoms with E-state index < -0.39 is 17.4 Å². The number of ether oxygens (including phenoxy) is 2. The summed E-state index contributed by atoms with van der Waals surface area (Å²) in [6, 6.07) is 10.3. The molecule has 0 atom stereocenters. The molecule has 0 spiro atoms. The fourth-order valence-electron chi connectivity index (χ4n) is 1.78. The molecule has 0 aromatic heterocycles. The zero-order valence-corrected chi connectivity index (χ0v) is 11.4. The van der Waals surface area contributed by atoms with E-state index in [2.05, 4.69) is 0 Å². The molecule has 0 amide bonds. The quantitative estimate of drug-likeness (QED) is 0.766. The first-order valence-corrected chi connectivity index (χ1v) is 6.29. The van der Waals surface area contributed by atoms with Gasteiger partial charge in [0.1, 0.15) is 12.4 Å².